The van der Waals surface area contributed by atoms with Crippen molar-refractivity contribution in [1.29, 1.82) is 0 Å². The average molecular weight is 478 g/mol. The Morgan fingerprint density at radius 2 is 1.34 bits per heavy atom. The number of methoxy groups -OCH3 is 1. The smallest absolute Gasteiger partial charge is 0.270 e. The lowest BCUT2D eigenvalue weighted by Gasteiger charge is -2.12. The Kier molecular flexibility index (Phi) is 6.37. The van der Waals surface area contributed by atoms with Gasteiger partial charge in [0, 0.05) is 23.5 Å². The third-order valence-electron chi connectivity index (χ3n) is 4.43. The molecule has 0 radical (unpaired) electrons. The van der Waals surface area contributed by atoms with Gasteiger partial charge in [0.15, 0.2) is 0 Å². The molecule has 3 aromatic rings. The van der Waals surface area contributed by atoms with Crippen molar-refractivity contribution in [3.8, 4) is 5.75 Å². The van der Waals surface area contributed by atoms with Gasteiger partial charge in [0.1, 0.15) is 5.75 Å². The van der Waals surface area contributed by atoms with E-state index in [0.717, 1.165) is 6.07 Å². The third-order valence-corrected chi connectivity index (χ3v) is 7.35. The highest BCUT2D eigenvalue weighted by Gasteiger charge is 2.21. The number of nitrogens with zero attached hydrogens (tertiary/aromatic N) is 1. The van der Waals surface area contributed by atoms with Crippen LogP contribution in [0.1, 0.15) is 5.56 Å². The molecule has 0 heterocycles. The van der Waals surface area contributed by atoms with Crippen molar-refractivity contribution >= 4 is 37.1 Å². The first-order valence-corrected chi connectivity index (χ1v) is 12.0. The highest BCUT2D eigenvalue weighted by molar-refractivity contribution is 7.93. The molecule has 0 fully saturated rings. The number of non-ortho nitro benzene ring substituents is 1. The molecule has 0 aromatic heterocycles. The number of benzene rings is 3. The second kappa shape index (κ2) is 8.85. The van der Waals surface area contributed by atoms with E-state index in [9.17, 15) is 26.9 Å². The summed E-state index contributed by atoms with van der Waals surface area (Å²) in [5.41, 5.74) is 0.393. The average Bonchev–Trinajstić information content (AvgIpc) is 2.74. The van der Waals surface area contributed by atoms with Crippen LogP contribution in [0, 0.1) is 17.0 Å². The highest BCUT2D eigenvalue weighted by atomic mass is 32.2. The molecule has 0 unspecified atom stereocenters. The molecule has 32 heavy (non-hydrogen) atoms. The van der Waals surface area contributed by atoms with Crippen LogP contribution in [0.2, 0.25) is 0 Å². The fraction of sp³-hybridized carbons (Fsp3) is 0.100. The quantitative estimate of drug-likeness (QED) is 0.373. The van der Waals surface area contributed by atoms with Gasteiger partial charge in [-0.25, -0.2) is 16.8 Å². The first-order valence-electron chi connectivity index (χ1n) is 9.07. The van der Waals surface area contributed by atoms with Crippen LogP contribution < -0.4 is 14.2 Å². The van der Waals surface area contributed by atoms with Gasteiger partial charge in [-0.05, 0) is 61.0 Å². The molecule has 0 amide bonds. The zero-order valence-electron chi connectivity index (χ0n) is 17.0. The standard InChI is InChI=1S/C20H19N3O7S2/c1-14-3-8-17(23(24)25)13-20(14)32(28,29)22-16-6-11-19(12-7-16)31(26,27)21-15-4-9-18(30-2)10-5-15/h3-13,21-22H,1-2H3. The van der Waals surface area contributed by atoms with E-state index < -0.39 is 25.0 Å². The number of rotatable bonds is 8. The summed E-state index contributed by atoms with van der Waals surface area (Å²) < 4.78 is 60.3. The second-order valence-electron chi connectivity index (χ2n) is 6.67. The maximum Gasteiger partial charge on any atom is 0.270 e. The van der Waals surface area contributed by atoms with E-state index in [-0.39, 0.29) is 21.2 Å². The van der Waals surface area contributed by atoms with Crippen LogP contribution in [0.5, 0.6) is 5.75 Å². The van der Waals surface area contributed by atoms with E-state index in [1.54, 1.807) is 24.3 Å². The molecular formula is C20H19N3O7S2. The molecule has 0 bridgehead atoms. The lowest BCUT2D eigenvalue weighted by Crippen LogP contribution is -2.15. The van der Waals surface area contributed by atoms with E-state index in [2.05, 4.69) is 9.44 Å². The molecule has 0 aliphatic heterocycles. The predicted molar refractivity (Wildman–Crippen MR) is 119 cm³/mol. The minimum Gasteiger partial charge on any atom is -0.497 e. The monoisotopic (exact) mass is 477 g/mol. The van der Waals surface area contributed by atoms with E-state index in [4.69, 9.17) is 4.74 Å². The van der Waals surface area contributed by atoms with Crippen LogP contribution in [0.25, 0.3) is 0 Å². The molecule has 10 nitrogen and oxygen atoms in total. The molecule has 3 aromatic carbocycles. The first-order chi connectivity index (χ1) is 15.0. The molecule has 0 saturated heterocycles. The van der Waals surface area contributed by atoms with Crippen LogP contribution >= 0.6 is 0 Å². The highest BCUT2D eigenvalue weighted by Crippen LogP contribution is 2.25. The van der Waals surface area contributed by atoms with Crippen molar-refractivity contribution in [3.05, 3.63) is 82.4 Å². The second-order valence-corrected chi connectivity index (χ2v) is 10.0. The number of nitrogens with one attached hydrogen (secondary N) is 2. The summed E-state index contributed by atoms with van der Waals surface area (Å²) in [6.45, 7) is 1.51. The van der Waals surface area contributed by atoms with Crippen molar-refractivity contribution in [2.24, 2.45) is 0 Å². The van der Waals surface area contributed by atoms with E-state index in [1.165, 1.54) is 50.4 Å². The van der Waals surface area contributed by atoms with Crippen molar-refractivity contribution in [2.75, 3.05) is 16.6 Å². The SMILES string of the molecule is COc1ccc(NS(=O)(=O)c2ccc(NS(=O)(=O)c3cc([N+](=O)[O-])ccc3C)cc2)cc1. The van der Waals surface area contributed by atoms with Gasteiger partial charge >= 0.3 is 0 Å². The number of hydrogen-bond acceptors (Lipinski definition) is 7. The maximum absolute atomic E-state index is 12.7. The summed E-state index contributed by atoms with van der Waals surface area (Å²) >= 11 is 0. The lowest BCUT2D eigenvalue weighted by molar-refractivity contribution is -0.385. The van der Waals surface area contributed by atoms with Crippen molar-refractivity contribution in [1.82, 2.24) is 0 Å². The molecular weight excluding hydrogens is 458 g/mol. The summed E-state index contributed by atoms with van der Waals surface area (Å²) in [5.74, 6) is 0.573. The first kappa shape index (κ1) is 23.0. The van der Waals surface area contributed by atoms with Gasteiger partial charge in [0.05, 0.1) is 21.8 Å². The number of nitro groups is 1. The van der Waals surface area contributed by atoms with Crippen molar-refractivity contribution < 1.29 is 26.5 Å². The minimum atomic E-state index is -4.13. The van der Waals surface area contributed by atoms with Crippen LogP contribution in [0.4, 0.5) is 17.1 Å². The number of aryl methyl sites for hydroxylation is 1. The number of ether oxygens (including phenoxy) is 1. The maximum atomic E-state index is 12.7. The Balaban J connectivity index is 1.80. The predicted octanol–water partition coefficient (Wildman–Crippen LogP) is 3.51. The van der Waals surface area contributed by atoms with Gasteiger partial charge in [-0.1, -0.05) is 6.07 Å². The fourth-order valence-electron chi connectivity index (χ4n) is 2.78. The minimum absolute atomic E-state index is 0.0807. The Labute approximate surface area is 185 Å². The van der Waals surface area contributed by atoms with Crippen molar-refractivity contribution in [2.45, 2.75) is 16.7 Å². The number of nitro benzene ring substituents is 1. The molecule has 0 aliphatic rings. The van der Waals surface area contributed by atoms with Crippen LogP contribution in [0.3, 0.4) is 0 Å². The summed E-state index contributed by atoms with van der Waals surface area (Å²) in [7, 11) is -6.55. The summed E-state index contributed by atoms with van der Waals surface area (Å²) in [6, 6.07) is 14.9. The molecule has 3 rings (SSSR count). The van der Waals surface area contributed by atoms with E-state index in [0.29, 0.717) is 17.0 Å². The molecule has 168 valence electrons. The van der Waals surface area contributed by atoms with Gasteiger partial charge in [-0.2, -0.15) is 0 Å². The van der Waals surface area contributed by atoms with Gasteiger partial charge in [0.2, 0.25) is 0 Å². The zero-order valence-corrected chi connectivity index (χ0v) is 18.6. The summed E-state index contributed by atoms with van der Waals surface area (Å²) in [5, 5.41) is 11.0. The number of anilines is 2. The van der Waals surface area contributed by atoms with Crippen LogP contribution in [-0.4, -0.2) is 28.9 Å². The fourth-order valence-corrected chi connectivity index (χ4v) is 5.16. The van der Waals surface area contributed by atoms with Gasteiger partial charge < -0.3 is 4.74 Å². The van der Waals surface area contributed by atoms with E-state index in [1.807, 2.05) is 0 Å². The van der Waals surface area contributed by atoms with Gasteiger partial charge in [-0.15, -0.1) is 0 Å². The van der Waals surface area contributed by atoms with Gasteiger partial charge in [-0.3, -0.25) is 19.6 Å². The Bertz CT molecular complexity index is 1350. The van der Waals surface area contributed by atoms with E-state index >= 15 is 0 Å². The molecule has 0 aliphatic carbocycles. The normalized spacial score (nSPS) is 11.6. The lowest BCUT2D eigenvalue weighted by atomic mass is 10.2. The Hall–Kier alpha value is -3.64. The largest absolute Gasteiger partial charge is 0.497 e. The molecule has 0 atom stereocenters. The topological polar surface area (TPSA) is 145 Å². The number of sulfonamides is 2. The molecule has 12 heteroatoms. The summed E-state index contributed by atoms with van der Waals surface area (Å²) in [4.78, 5) is 9.95. The van der Waals surface area contributed by atoms with Crippen LogP contribution in [-0.2, 0) is 20.0 Å². The molecule has 0 saturated carbocycles. The van der Waals surface area contributed by atoms with Crippen molar-refractivity contribution in [3.63, 3.8) is 0 Å². The zero-order chi connectivity index (χ0) is 23.5. The van der Waals surface area contributed by atoms with Crippen LogP contribution in [0.15, 0.2) is 76.5 Å². The third kappa shape index (κ3) is 5.15. The number of hydrogen-bond donors (Lipinski definition) is 2. The summed E-state index contributed by atoms with van der Waals surface area (Å²) in [6.07, 6.45) is 0. The Morgan fingerprint density at radius 3 is 1.88 bits per heavy atom. The molecule has 2 N–H and O–H groups in total. The Morgan fingerprint density at radius 1 is 0.812 bits per heavy atom. The van der Waals surface area contributed by atoms with Gasteiger partial charge in [0.25, 0.3) is 25.7 Å². The molecule has 0 spiro atoms.